The van der Waals surface area contributed by atoms with Gasteiger partial charge < -0.3 is 19.9 Å². The molecule has 1 aromatic carbocycles. The number of hydrogen-bond acceptors (Lipinski definition) is 6. The van der Waals surface area contributed by atoms with Crippen LogP contribution in [0.3, 0.4) is 0 Å². The number of nitrogens with zero attached hydrogens (tertiary/aromatic N) is 3. The van der Waals surface area contributed by atoms with Crippen LogP contribution in [0.1, 0.15) is 0 Å². The molecular weight excluding hydrogens is 348 g/mol. The van der Waals surface area contributed by atoms with Crippen LogP contribution in [0.15, 0.2) is 24.3 Å². The number of rotatable bonds is 6. The van der Waals surface area contributed by atoms with Gasteiger partial charge in [0.25, 0.3) is 0 Å². The first kappa shape index (κ1) is 18.9. The molecule has 1 fully saturated rings. The lowest BCUT2D eigenvalue weighted by Crippen LogP contribution is -2.51. The minimum atomic E-state index is 0. The number of fused-ring (bicyclic) bond motifs is 1. The van der Waals surface area contributed by atoms with Gasteiger partial charge in [0.1, 0.15) is 0 Å². The van der Waals surface area contributed by atoms with Gasteiger partial charge in [-0.15, -0.1) is 12.4 Å². The van der Waals surface area contributed by atoms with Crippen LogP contribution in [0, 0.1) is 0 Å². The number of halogens is 1. The first-order chi connectivity index (χ1) is 11.3. The Balaban J connectivity index is 0.00000208. The second-order valence-corrected chi connectivity index (χ2v) is 6.51. The molecule has 6 nitrogen and oxygen atoms in total. The van der Waals surface area contributed by atoms with Gasteiger partial charge in [-0.25, -0.2) is 4.98 Å². The molecule has 1 N–H and O–H groups in total. The summed E-state index contributed by atoms with van der Waals surface area (Å²) in [5.41, 5.74) is 1.05. The Hall–Kier alpha value is -1.41. The van der Waals surface area contributed by atoms with E-state index < -0.39 is 0 Å². The molecule has 1 saturated heterocycles. The third-order valence-electron chi connectivity index (χ3n) is 3.94. The summed E-state index contributed by atoms with van der Waals surface area (Å²) in [6, 6.07) is 8.19. The molecule has 24 heavy (non-hydrogen) atoms. The number of thiazole rings is 1. The highest BCUT2D eigenvalue weighted by atomic mass is 35.5. The van der Waals surface area contributed by atoms with Crippen LogP contribution in [0.25, 0.3) is 10.2 Å². The van der Waals surface area contributed by atoms with Gasteiger partial charge in [-0.3, -0.25) is 4.79 Å². The summed E-state index contributed by atoms with van der Waals surface area (Å²) in [6.45, 7) is 4.88. The van der Waals surface area contributed by atoms with E-state index in [9.17, 15) is 4.79 Å². The summed E-state index contributed by atoms with van der Waals surface area (Å²) in [4.78, 5) is 21.0. The van der Waals surface area contributed by atoms with Gasteiger partial charge in [-0.1, -0.05) is 23.5 Å². The van der Waals surface area contributed by atoms with Gasteiger partial charge in [0.15, 0.2) is 5.13 Å². The van der Waals surface area contributed by atoms with Crippen LogP contribution >= 0.6 is 23.7 Å². The second kappa shape index (κ2) is 9.17. The number of ether oxygens (including phenoxy) is 1. The summed E-state index contributed by atoms with van der Waals surface area (Å²) in [6.07, 6.45) is 0. The highest BCUT2D eigenvalue weighted by molar-refractivity contribution is 7.22. The van der Waals surface area contributed by atoms with Crippen molar-refractivity contribution in [3.63, 3.8) is 0 Å². The van der Waals surface area contributed by atoms with E-state index >= 15 is 0 Å². The van der Waals surface area contributed by atoms with E-state index in [-0.39, 0.29) is 18.3 Å². The summed E-state index contributed by atoms with van der Waals surface area (Å²) in [5.74, 6) is 0.157. The van der Waals surface area contributed by atoms with Crippen molar-refractivity contribution in [3.8, 4) is 0 Å². The Kier molecular flexibility index (Phi) is 7.23. The Labute approximate surface area is 152 Å². The molecule has 0 aliphatic carbocycles. The van der Waals surface area contributed by atoms with Gasteiger partial charge in [0.2, 0.25) is 5.91 Å². The molecule has 132 valence electrons. The van der Waals surface area contributed by atoms with Crippen LogP contribution in [0.4, 0.5) is 5.13 Å². The van der Waals surface area contributed by atoms with E-state index in [0.29, 0.717) is 19.7 Å². The quantitative estimate of drug-likeness (QED) is 0.783. The van der Waals surface area contributed by atoms with Gasteiger partial charge in [-0.05, 0) is 12.1 Å². The number of anilines is 1. The van der Waals surface area contributed by atoms with E-state index in [1.165, 1.54) is 4.70 Å². The zero-order valence-corrected chi connectivity index (χ0v) is 15.4. The normalized spacial score (nSPS) is 14.7. The molecular formula is C16H23ClN4O2S. The summed E-state index contributed by atoms with van der Waals surface area (Å²) < 4.78 is 6.17. The molecule has 2 aromatic rings. The van der Waals surface area contributed by atoms with E-state index in [1.54, 1.807) is 18.4 Å². The standard InChI is InChI=1S/C16H22N4O2S.ClH/c1-22-11-6-17-12-15(21)19-7-9-20(10-8-19)16-18-13-4-2-3-5-14(13)23-16;/h2-5,17H,6-12H2,1H3;1H. The minimum absolute atomic E-state index is 0. The van der Waals surface area contributed by atoms with E-state index in [0.717, 1.165) is 36.8 Å². The van der Waals surface area contributed by atoms with Crippen LogP contribution in [-0.2, 0) is 9.53 Å². The molecule has 3 rings (SSSR count). The first-order valence-corrected chi connectivity index (χ1v) is 8.67. The number of para-hydroxylation sites is 1. The van der Waals surface area contributed by atoms with Crippen LogP contribution < -0.4 is 10.2 Å². The van der Waals surface area contributed by atoms with Crippen LogP contribution in [0.5, 0.6) is 0 Å². The van der Waals surface area contributed by atoms with Crippen molar-refractivity contribution in [2.75, 3.05) is 57.9 Å². The summed E-state index contributed by atoms with van der Waals surface area (Å²) in [5, 5.41) is 4.16. The Morgan fingerprint density at radius 2 is 2.04 bits per heavy atom. The number of methoxy groups -OCH3 is 1. The van der Waals surface area contributed by atoms with Gasteiger partial charge in [0.05, 0.1) is 23.4 Å². The maximum atomic E-state index is 12.1. The van der Waals surface area contributed by atoms with Crippen LogP contribution in [0.2, 0.25) is 0 Å². The first-order valence-electron chi connectivity index (χ1n) is 7.86. The average molecular weight is 371 g/mol. The fourth-order valence-corrected chi connectivity index (χ4v) is 3.64. The van der Waals surface area contributed by atoms with E-state index in [2.05, 4.69) is 16.3 Å². The molecule has 0 spiro atoms. The molecule has 0 radical (unpaired) electrons. The third kappa shape index (κ3) is 4.57. The van der Waals surface area contributed by atoms with Gasteiger partial charge >= 0.3 is 0 Å². The number of hydrogen-bond donors (Lipinski definition) is 1. The molecule has 8 heteroatoms. The predicted molar refractivity (Wildman–Crippen MR) is 100 cm³/mol. The Bertz CT molecular complexity index is 625. The van der Waals surface area contributed by atoms with E-state index in [4.69, 9.17) is 9.72 Å². The zero-order chi connectivity index (χ0) is 16.1. The molecule has 1 aromatic heterocycles. The zero-order valence-electron chi connectivity index (χ0n) is 13.7. The lowest BCUT2D eigenvalue weighted by Gasteiger charge is -2.34. The number of nitrogens with one attached hydrogen (secondary N) is 1. The van der Waals surface area contributed by atoms with Crippen molar-refractivity contribution in [1.82, 2.24) is 15.2 Å². The number of amides is 1. The average Bonchev–Trinajstić information content (AvgIpc) is 3.03. The molecule has 1 aliphatic rings. The Morgan fingerprint density at radius 3 is 2.75 bits per heavy atom. The van der Waals surface area contributed by atoms with Crippen molar-refractivity contribution in [2.45, 2.75) is 0 Å². The van der Waals surface area contributed by atoms with E-state index in [1.807, 2.05) is 23.1 Å². The highest BCUT2D eigenvalue weighted by Gasteiger charge is 2.22. The fourth-order valence-electron chi connectivity index (χ4n) is 2.62. The maximum absolute atomic E-state index is 12.1. The van der Waals surface area contributed by atoms with Crippen molar-refractivity contribution >= 4 is 45.0 Å². The molecule has 0 bridgehead atoms. The topological polar surface area (TPSA) is 57.7 Å². The van der Waals surface area contributed by atoms with Crippen molar-refractivity contribution in [3.05, 3.63) is 24.3 Å². The Morgan fingerprint density at radius 1 is 1.29 bits per heavy atom. The molecule has 1 amide bonds. The fraction of sp³-hybridized carbons (Fsp3) is 0.500. The van der Waals surface area contributed by atoms with Crippen molar-refractivity contribution in [2.24, 2.45) is 0 Å². The predicted octanol–water partition coefficient (Wildman–Crippen LogP) is 1.60. The van der Waals surface area contributed by atoms with Crippen molar-refractivity contribution in [1.29, 1.82) is 0 Å². The van der Waals surface area contributed by atoms with Crippen LogP contribution in [-0.4, -0.2) is 68.8 Å². The number of carbonyl (C=O) groups excluding carboxylic acids is 1. The highest BCUT2D eigenvalue weighted by Crippen LogP contribution is 2.29. The number of benzene rings is 1. The SMILES string of the molecule is COCCNCC(=O)N1CCN(c2nc3ccccc3s2)CC1.Cl. The maximum Gasteiger partial charge on any atom is 0.236 e. The van der Waals surface area contributed by atoms with Gasteiger partial charge in [0, 0.05) is 39.8 Å². The smallest absolute Gasteiger partial charge is 0.236 e. The monoisotopic (exact) mass is 370 g/mol. The largest absolute Gasteiger partial charge is 0.383 e. The number of piperazine rings is 1. The second-order valence-electron chi connectivity index (χ2n) is 5.50. The lowest BCUT2D eigenvalue weighted by atomic mass is 10.3. The van der Waals surface area contributed by atoms with Crippen molar-refractivity contribution < 1.29 is 9.53 Å². The summed E-state index contributed by atoms with van der Waals surface area (Å²) >= 11 is 1.72. The minimum Gasteiger partial charge on any atom is -0.383 e. The number of carbonyl (C=O) groups is 1. The molecule has 1 aliphatic heterocycles. The molecule has 2 heterocycles. The van der Waals surface area contributed by atoms with Gasteiger partial charge in [-0.2, -0.15) is 0 Å². The molecule has 0 unspecified atom stereocenters. The third-order valence-corrected chi connectivity index (χ3v) is 5.04. The molecule has 0 atom stereocenters. The molecule has 0 saturated carbocycles. The number of aromatic nitrogens is 1. The summed E-state index contributed by atoms with van der Waals surface area (Å²) in [7, 11) is 1.66. The lowest BCUT2D eigenvalue weighted by molar-refractivity contribution is -0.130.